The first-order valence-electron chi connectivity index (χ1n) is 4.43. The molecule has 1 aromatic heterocycles. The highest BCUT2D eigenvalue weighted by atomic mass is 16.4. The zero-order valence-corrected chi connectivity index (χ0v) is 8.34. The van der Waals surface area contributed by atoms with Crippen LogP contribution in [0.15, 0.2) is 9.21 Å². The zero-order chi connectivity index (χ0) is 9.85. The number of hydrogen-bond donors (Lipinski definition) is 1. The van der Waals surface area contributed by atoms with E-state index in [9.17, 15) is 4.79 Å². The molecule has 1 N–H and O–H groups in total. The van der Waals surface area contributed by atoms with Crippen LogP contribution in [0.2, 0.25) is 0 Å². The lowest BCUT2D eigenvalue weighted by Gasteiger charge is -2.03. The fraction of sp³-hybridized carbons (Fsp3) is 0.778. The van der Waals surface area contributed by atoms with Gasteiger partial charge in [-0.3, -0.25) is 0 Å². The Kier molecular flexibility index (Phi) is 1.35. The summed E-state index contributed by atoms with van der Waals surface area (Å²) in [7, 11) is 0. The molecule has 0 bridgehead atoms. The Morgan fingerprint density at radius 2 is 1.85 bits per heavy atom. The van der Waals surface area contributed by atoms with Gasteiger partial charge in [-0.2, -0.15) is 0 Å². The largest absolute Gasteiger partial charge is 0.434 e. The number of H-pyrrole nitrogens is 1. The molecular formula is C9H14N2O2. The highest BCUT2D eigenvalue weighted by Crippen LogP contribution is 2.73. The summed E-state index contributed by atoms with van der Waals surface area (Å²) < 4.78 is 4.96. The molecule has 1 heterocycles. The molecule has 72 valence electrons. The maximum Gasteiger partial charge on any atom is 0.434 e. The molecule has 0 amide bonds. The molecule has 1 aromatic rings. The Hall–Kier alpha value is -1.06. The van der Waals surface area contributed by atoms with Crippen molar-refractivity contribution in [1.29, 1.82) is 0 Å². The molecule has 0 aliphatic heterocycles. The van der Waals surface area contributed by atoms with Crippen molar-refractivity contribution in [3.8, 4) is 0 Å². The topological polar surface area (TPSA) is 58.9 Å². The maximum atomic E-state index is 10.8. The minimum Gasteiger partial charge on any atom is -0.392 e. The molecule has 0 saturated heterocycles. The van der Waals surface area contributed by atoms with Crippen LogP contribution in [-0.2, 0) is 0 Å². The van der Waals surface area contributed by atoms with E-state index in [0.717, 1.165) is 0 Å². The molecule has 0 unspecified atom stereocenters. The van der Waals surface area contributed by atoms with Gasteiger partial charge in [0.2, 0.25) is 5.89 Å². The lowest BCUT2D eigenvalue weighted by Crippen LogP contribution is -1.95. The van der Waals surface area contributed by atoms with Crippen molar-refractivity contribution in [3.05, 3.63) is 16.4 Å². The molecule has 4 nitrogen and oxygen atoms in total. The van der Waals surface area contributed by atoms with Crippen LogP contribution < -0.4 is 5.76 Å². The van der Waals surface area contributed by atoms with Gasteiger partial charge in [-0.05, 0) is 10.8 Å². The van der Waals surface area contributed by atoms with E-state index in [1.807, 2.05) is 0 Å². The predicted molar refractivity (Wildman–Crippen MR) is 47.4 cm³/mol. The van der Waals surface area contributed by atoms with Crippen LogP contribution in [0.3, 0.4) is 0 Å². The van der Waals surface area contributed by atoms with Gasteiger partial charge < -0.3 is 4.42 Å². The van der Waals surface area contributed by atoms with Crippen molar-refractivity contribution in [2.75, 3.05) is 0 Å². The van der Waals surface area contributed by atoms with E-state index in [2.05, 4.69) is 37.9 Å². The number of rotatable bonds is 1. The second-order valence-corrected chi connectivity index (χ2v) is 4.83. The van der Waals surface area contributed by atoms with Crippen molar-refractivity contribution in [2.45, 2.75) is 33.6 Å². The summed E-state index contributed by atoms with van der Waals surface area (Å²) >= 11 is 0. The molecule has 1 aliphatic rings. The van der Waals surface area contributed by atoms with Crippen molar-refractivity contribution in [1.82, 2.24) is 10.2 Å². The maximum absolute atomic E-state index is 10.8. The molecule has 4 heteroatoms. The Morgan fingerprint density at radius 1 is 1.31 bits per heavy atom. The van der Waals surface area contributed by atoms with Gasteiger partial charge in [0.25, 0.3) is 0 Å². The van der Waals surface area contributed by atoms with E-state index in [0.29, 0.717) is 5.89 Å². The molecule has 0 radical (unpaired) electrons. The van der Waals surface area contributed by atoms with E-state index in [1.54, 1.807) is 0 Å². The predicted octanol–water partition coefficient (Wildman–Crippen LogP) is 1.51. The summed E-state index contributed by atoms with van der Waals surface area (Å²) in [4.78, 5) is 10.8. The molecule has 13 heavy (non-hydrogen) atoms. The molecular weight excluding hydrogens is 168 g/mol. The standard InChI is InChI=1S/C9H14N2O2/c1-8(2)5(9(8,3)4)6-10-11-7(12)13-6/h5H,1-4H3,(H,11,12). The fourth-order valence-electron chi connectivity index (χ4n) is 2.18. The smallest absolute Gasteiger partial charge is 0.392 e. The Morgan fingerprint density at radius 3 is 2.15 bits per heavy atom. The number of aromatic amines is 1. The van der Waals surface area contributed by atoms with Gasteiger partial charge in [-0.25, -0.2) is 9.89 Å². The first-order valence-corrected chi connectivity index (χ1v) is 4.43. The average Bonchev–Trinajstić information content (AvgIpc) is 2.32. The Bertz CT molecular complexity index is 372. The second-order valence-electron chi connectivity index (χ2n) is 4.83. The summed E-state index contributed by atoms with van der Waals surface area (Å²) in [6, 6.07) is 0. The summed E-state index contributed by atoms with van der Waals surface area (Å²) in [6.07, 6.45) is 0. The number of nitrogens with one attached hydrogen (secondary N) is 1. The highest BCUT2D eigenvalue weighted by molar-refractivity contribution is 5.24. The first kappa shape index (κ1) is 8.53. The normalized spacial score (nSPS) is 24.6. The molecule has 0 spiro atoms. The van der Waals surface area contributed by atoms with Crippen LogP contribution in [-0.4, -0.2) is 10.2 Å². The molecule has 0 aromatic carbocycles. The van der Waals surface area contributed by atoms with Crippen molar-refractivity contribution < 1.29 is 4.42 Å². The summed E-state index contributed by atoms with van der Waals surface area (Å²) in [5.74, 6) is 0.326. The van der Waals surface area contributed by atoms with E-state index >= 15 is 0 Å². The minimum atomic E-state index is -0.464. The average molecular weight is 182 g/mol. The highest BCUT2D eigenvalue weighted by Gasteiger charge is 2.67. The Balaban J connectivity index is 2.37. The van der Waals surface area contributed by atoms with Crippen LogP contribution in [0.1, 0.15) is 39.5 Å². The SMILES string of the molecule is CC1(C)C(c2n[nH]c(=O)o2)C1(C)C. The van der Waals surface area contributed by atoms with Crippen LogP contribution in [0, 0.1) is 10.8 Å². The zero-order valence-electron chi connectivity index (χ0n) is 8.34. The number of aromatic nitrogens is 2. The molecule has 1 saturated carbocycles. The fourth-order valence-corrected chi connectivity index (χ4v) is 2.18. The molecule has 0 atom stereocenters. The lowest BCUT2D eigenvalue weighted by atomic mass is 10.0. The van der Waals surface area contributed by atoms with Gasteiger partial charge in [-0.15, -0.1) is 5.10 Å². The van der Waals surface area contributed by atoms with Gasteiger partial charge in [0.1, 0.15) is 0 Å². The summed E-state index contributed by atoms with van der Waals surface area (Å²) in [5, 5.41) is 6.16. The summed E-state index contributed by atoms with van der Waals surface area (Å²) in [6.45, 7) is 8.64. The van der Waals surface area contributed by atoms with Gasteiger partial charge in [-0.1, -0.05) is 27.7 Å². The van der Waals surface area contributed by atoms with Crippen LogP contribution in [0.25, 0.3) is 0 Å². The van der Waals surface area contributed by atoms with E-state index in [-0.39, 0.29) is 16.7 Å². The van der Waals surface area contributed by atoms with Gasteiger partial charge in [0.15, 0.2) is 0 Å². The third kappa shape index (κ3) is 0.913. The van der Waals surface area contributed by atoms with Crippen molar-refractivity contribution >= 4 is 0 Å². The number of nitrogens with zero attached hydrogens (tertiary/aromatic N) is 1. The van der Waals surface area contributed by atoms with E-state index < -0.39 is 5.76 Å². The quantitative estimate of drug-likeness (QED) is 0.716. The van der Waals surface area contributed by atoms with Gasteiger partial charge in [0, 0.05) is 5.92 Å². The van der Waals surface area contributed by atoms with Gasteiger partial charge >= 0.3 is 5.76 Å². The minimum absolute atomic E-state index is 0.165. The second kappa shape index (κ2) is 2.05. The third-order valence-electron chi connectivity index (χ3n) is 3.72. The van der Waals surface area contributed by atoms with Crippen LogP contribution in [0.4, 0.5) is 0 Å². The van der Waals surface area contributed by atoms with Crippen LogP contribution >= 0.6 is 0 Å². The van der Waals surface area contributed by atoms with Crippen molar-refractivity contribution in [2.24, 2.45) is 10.8 Å². The molecule has 1 aliphatic carbocycles. The Labute approximate surface area is 76.3 Å². The number of hydrogen-bond acceptors (Lipinski definition) is 3. The van der Waals surface area contributed by atoms with Gasteiger partial charge in [0.05, 0.1) is 0 Å². The van der Waals surface area contributed by atoms with E-state index in [4.69, 9.17) is 4.42 Å². The van der Waals surface area contributed by atoms with Crippen molar-refractivity contribution in [3.63, 3.8) is 0 Å². The third-order valence-corrected chi connectivity index (χ3v) is 3.72. The van der Waals surface area contributed by atoms with Crippen LogP contribution in [0.5, 0.6) is 0 Å². The lowest BCUT2D eigenvalue weighted by molar-refractivity contribution is 0.441. The van der Waals surface area contributed by atoms with E-state index in [1.165, 1.54) is 0 Å². The monoisotopic (exact) mass is 182 g/mol. The molecule has 2 rings (SSSR count). The summed E-state index contributed by atoms with van der Waals surface area (Å²) in [5.41, 5.74) is 0.330. The first-order chi connectivity index (χ1) is 5.87. The molecule has 1 fully saturated rings.